The fourth-order valence-electron chi connectivity index (χ4n) is 2.26. The van der Waals surface area contributed by atoms with Crippen molar-refractivity contribution in [3.8, 4) is 5.75 Å². The number of nitrogens with zero attached hydrogens (tertiary/aromatic N) is 3. The normalized spacial score (nSPS) is 10.7. The summed E-state index contributed by atoms with van der Waals surface area (Å²) < 4.78 is 5.26. The third kappa shape index (κ3) is 5.57. The number of carbonyl (C=O) groups is 1. The number of rotatable bonds is 8. The molecule has 1 aromatic carbocycles. The van der Waals surface area contributed by atoms with Gasteiger partial charge in [-0.25, -0.2) is 9.97 Å². The quantitative estimate of drug-likeness (QED) is 0.688. The van der Waals surface area contributed by atoms with Gasteiger partial charge in [0.1, 0.15) is 5.75 Å². The SMILES string of the molecule is COc1cc(Cl)c(C)cc1NC(=O)c1cnc(NCCCN(C)C)nc1. The molecule has 0 aliphatic rings. The van der Waals surface area contributed by atoms with Gasteiger partial charge in [0.2, 0.25) is 5.95 Å². The van der Waals surface area contributed by atoms with Crippen molar-refractivity contribution in [1.82, 2.24) is 14.9 Å². The summed E-state index contributed by atoms with van der Waals surface area (Å²) in [4.78, 5) is 22.9. The second-order valence-electron chi connectivity index (χ2n) is 6.13. The molecule has 0 bridgehead atoms. The Balaban J connectivity index is 1.99. The predicted molar refractivity (Wildman–Crippen MR) is 104 cm³/mol. The highest BCUT2D eigenvalue weighted by atomic mass is 35.5. The highest BCUT2D eigenvalue weighted by Gasteiger charge is 2.13. The van der Waals surface area contributed by atoms with Crippen LogP contribution in [-0.4, -0.2) is 55.1 Å². The summed E-state index contributed by atoms with van der Waals surface area (Å²) in [7, 11) is 5.58. The van der Waals surface area contributed by atoms with Gasteiger partial charge in [0.25, 0.3) is 5.91 Å². The van der Waals surface area contributed by atoms with E-state index in [0.717, 1.165) is 25.1 Å². The van der Waals surface area contributed by atoms with Gasteiger partial charge in [0, 0.05) is 30.0 Å². The minimum Gasteiger partial charge on any atom is -0.495 e. The van der Waals surface area contributed by atoms with Crippen LogP contribution in [0.5, 0.6) is 5.75 Å². The average Bonchev–Trinajstić information content (AvgIpc) is 2.62. The van der Waals surface area contributed by atoms with Crippen molar-refractivity contribution in [2.24, 2.45) is 0 Å². The molecule has 1 aromatic heterocycles. The Morgan fingerprint density at radius 3 is 2.58 bits per heavy atom. The molecule has 1 amide bonds. The first-order valence-electron chi connectivity index (χ1n) is 8.27. The van der Waals surface area contributed by atoms with Crippen molar-refractivity contribution in [3.63, 3.8) is 0 Å². The van der Waals surface area contributed by atoms with Gasteiger partial charge >= 0.3 is 0 Å². The average molecular weight is 378 g/mol. The lowest BCUT2D eigenvalue weighted by Crippen LogP contribution is -2.17. The number of aromatic nitrogens is 2. The predicted octanol–water partition coefficient (Wildman–Crippen LogP) is 3.06. The summed E-state index contributed by atoms with van der Waals surface area (Å²) >= 11 is 6.08. The minimum absolute atomic E-state index is 0.316. The van der Waals surface area contributed by atoms with E-state index >= 15 is 0 Å². The van der Waals surface area contributed by atoms with Crippen LogP contribution in [0.3, 0.4) is 0 Å². The van der Waals surface area contributed by atoms with Crippen LogP contribution < -0.4 is 15.4 Å². The maximum Gasteiger partial charge on any atom is 0.258 e. The van der Waals surface area contributed by atoms with E-state index in [4.69, 9.17) is 16.3 Å². The van der Waals surface area contributed by atoms with E-state index in [0.29, 0.717) is 28.0 Å². The zero-order valence-corrected chi connectivity index (χ0v) is 16.2. The van der Waals surface area contributed by atoms with Gasteiger partial charge in [-0.3, -0.25) is 4.79 Å². The van der Waals surface area contributed by atoms with Crippen molar-refractivity contribution in [2.75, 3.05) is 44.9 Å². The fraction of sp³-hybridized carbons (Fsp3) is 0.389. The molecule has 0 saturated carbocycles. The summed E-state index contributed by atoms with van der Waals surface area (Å²) in [5, 5.41) is 6.51. The Labute approximate surface area is 158 Å². The summed E-state index contributed by atoms with van der Waals surface area (Å²) in [6.45, 7) is 3.61. The van der Waals surface area contributed by atoms with E-state index in [1.54, 1.807) is 12.1 Å². The zero-order chi connectivity index (χ0) is 19.1. The number of carbonyl (C=O) groups excluding carboxylic acids is 1. The van der Waals surface area contributed by atoms with E-state index in [2.05, 4.69) is 25.5 Å². The lowest BCUT2D eigenvalue weighted by atomic mass is 10.2. The van der Waals surface area contributed by atoms with E-state index in [1.165, 1.54) is 19.5 Å². The summed E-state index contributed by atoms with van der Waals surface area (Å²) in [5.41, 5.74) is 1.75. The first-order valence-corrected chi connectivity index (χ1v) is 8.64. The van der Waals surface area contributed by atoms with Crippen LogP contribution in [0.1, 0.15) is 22.3 Å². The van der Waals surface area contributed by atoms with Gasteiger partial charge in [-0.05, 0) is 45.6 Å². The van der Waals surface area contributed by atoms with Crippen LogP contribution >= 0.6 is 11.6 Å². The Kier molecular flexibility index (Phi) is 7.17. The molecule has 8 heteroatoms. The molecule has 0 saturated heterocycles. The molecule has 1 heterocycles. The van der Waals surface area contributed by atoms with E-state index in [-0.39, 0.29) is 5.91 Å². The highest BCUT2D eigenvalue weighted by molar-refractivity contribution is 6.31. The third-order valence-electron chi connectivity index (χ3n) is 3.71. The molecule has 26 heavy (non-hydrogen) atoms. The highest BCUT2D eigenvalue weighted by Crippen LogP contribution is 2.31. The third-order valence-corrected chi connectivity index (χ3v) is 4.12. The number of aryl methyl sites for hydroxylation is 1. The van der Waals surface area contributed by atoms with Crippen molar-refractivity contribution < 1.29 is 9.53 Å². The first-order chi connectivity index (χ1) is 12.4. The van der Waals surface area contributed by atoms with Gasteiger partial charge in [0.05, 0.1) is 18.4 Å². The van der Waals surface area contributed by atoms with E-state index in [1.807, 2.05) is 21.0 Å². The lowest BCUT2D eigenvalue weighted by molar-refractivity contribution is 0.102. The number of hydrogen-bond acceptors (Lipinski definition) is 6. The minimum atomic E-state index is -0.316. The maximum absolute atomic E-state index is 12.4. The Morgan fingerprint density at radius 1 is 1.27 bits per heavy atom. The molecular formula is C18H24ClN5O2. The zero-order valence-electron chi connectivity index (χ0n) is 15.5. The molecule has 0 aliphatic carbocycles. The van der Waals surface area contributed by atoms with Crippen molar-refractivity contribution in [3.05, 3.63) is 40.7 Å². The Morgan fingerprint density at radius 2 is 1.96 bits per heavy atom. The second kappa shape index (κ2) is 9.35. The number of methoxy groups -OCH3 is 1. The summed E-state index contributed by atoms with van der Waals surface area (Å²) in [5.74, 6) is 0.679. The topological polar surface area (TPSA) is 79.4 Å². The number of halogens is 1. The number of ether oxygens (including phenoxy) is 1. The number of benzene rings is 1. The molecule has 7 nitrogen and oxygen atoms in total. The van der Waals surface area contributed by atoms with Crippen LogP contribution in [0.15, 0.2) is 24.5 Å². The van der Waals surface area contributed by atoms with Crippen LogP contribution in [0.4, 0.5) is 11.6 Å². The largest absolute Gasteiger partial charge is 0.495 e. The van der Waals surface area contributed by atoms with Crippen molar-refractivity contribution in [2.45, 2.75) is 13.3 Å². The molecular weight excluding hydrogens is 354 g/mol. The van der Waals surface area contributed by atoms with E-state index < -0.39 is 0 Å². The number of anilines is 2. The molecule has 2 rings (SSSR count). The monoisotopic (exact) mass is 377 g/mol. The standard InChI is InChI=1S/C18H24ClN5O2/c1-12-8-15(16(26-4)9-14(12)19)23-17(25)13-10-21-18(22-11-13)20-6-5-7-24(2)3/h8-11H,5-7H2,1-4H3,(H,23,25)(H,20,21,22). The van der Waals surface area contributed by atoms with Gasteiger partial charge in [-0.1, -0.05) is 11.6 Å². The van der Waals surface area contributed by atoms with Crippen LogP contribution in [0.25, 0.3) is 0 Å². The lowest BCUT2D eigenvalue weighted by Gasteiger charge is -2.12. The summed E-state index contributed by atoms with van der Waals surface area (Å²) in [6, 6.07) is 3.43. The second-order valence-corrected chi connectivity index (χ2v) is 6.54. The van der Waals surface area contributed by atoms with Gasteiger partial charge < -0.3 is 20.3 Å². The number of amides is 1. The molecule has 2 aromatic rings. The fourth-order valence-corrected chi connectivity index (χ4v) is 2.41. The van der Waals surface area contributed by atoms with E-state index in [9.17, 15) is 4.79 Å². The maximum atomic E-state index is 12.4. The molecule has 140 valence electrons. The van der Waals surface area contributed by atoms with Crippen LogP contribution in [0.2, 0.25) is 5.02 Å². The Hall–Kier alpha value is -2.38. The molecule has 0 spiro atoms. The van der Waals surface area contributed by atoms with Crippen LogP contribution in [0, 0.1) is 6.92 Å². The van der Waals surface area contributed by atoms with Crippen molar-refractivity contribution in [1.29, 1.82) is 0 Å². The van der Waals surface area contributed by atoms with Gasteiger partial charge in [0.15, 0.2) is 0 Å². The number of hydrogen-bond donors (Lipinski definition) is 2. The molecule has 0 aliphatic heterocycles. The molecule has 0 unspecified atom stereocenters. The first kappa shape index (κ1) is 19.9. The smallest absolute Gasteiger partial charge is 0.258 e. The van der Waals surface area contributed by atoms with Gasteiger partial charge in [-0.2, -0.15) is 0 Å². The Bertz CT molecular complexity index is 750. The molecule has 2 N–H and O–H groups in total. The summed E-state index contributed by atoms with van der Waals surface area (Å²) in [6.07, 6.45) is 3.96. The molecule has 0 atom stereocenters. The van der Waals surface area contributed by atoms with Gasteiger partial charge in [-0.15, -0.1) is 0 Å². The molecule has 0 radical (unpaired) electrons. The van der Waals surface area contributed by atoms with Crippen molar-refractivity contribution >= 4 is 29.1 Å². The van der Waals surface area contributed by atoms with Crippen LogP contribution in [-0.2, 0) is 0 Å². The number of nitrogens with one attached hydrogen (secondary N) is 2. The molecule has 0 fully saturated rings.